The minimum absolute atomic E-state index is 0.422. The van der Waals surface area contributed by atoms with Crippen molar-refractivity contribution in [3.63, 3.8) is 0 Å². The van der Waals surface area contributed by atoms with Gasteiger partial charge in [-0.1, -0.05) is 6.07 Å². The van der Waals surface area contributed by atoms with Crippen LogP contribution in [-0.2, 0) is 7.05 Å². The first-order valence-electron chi connectivity index (χ1n) is 9.55. The molecule has 0 atom stereocenters. The van der Waals surface area contributed by atoms with E-state index >= 15 is 0 Å². The maximum Gasteiger partial charge on any atom is 0.248 e. The molecule has 0 aliphatic heterocycles. The van der Waals surface area contributed by atoms with Crippen LogP contribution in [0.15, 0.2) is 73.6 Å². The highest BCUT2D eigenvalue weighted by Gasteiger charge is 2.12. The molecule has 2 aromatic carbocycles. The molecule has 0 saturated heterocycles. The Hall–Kier alpha value is -4.13. The van der Waals surface area contributed by atoms with Crippen LogP contribution in [0.25, 0.3) is 33.5 Å². The molecule has 1 amide bonds. The van der Waals surface area contributed by atoms with Gasteiger partial charge in [0.1, 0.15) is 0 Å². The number of nitrogens with zero attached hydrogens (tertiary/aromatic N) is 5. The van der Waals surface area contributed by atoms with Crippen LogP contribution < -0.4 is 5.73 Å². The summed E-state index contributed by atoms with van der Waals surface area (Å²) in [5.74, 6) is -0.422. The molecule has 5 aromatic rings. The van der Waals surface area contributed by atoms with Gasteiger partial charge in [-0.05, 0) is 48.9 Å². The molecule has 0 bridgehead atoms. The van der Waals surface area contributed by atoms with Crippen LogP contribution in [0.4, 0.5) is 0 Å². The molecule has 5 rings (SSSR count). The normalized spacial score (nSPS) is 11.3. The number of rotatable bonds is 4. The summed E-state index contributed by atoms with van der Waals surface area (Å²) in [6, 6.07) is 13.8. The van der Waals surface area contributed by atoms with Crippen LogP contribution in [0.2, 0.25) is 0 Å². The van der Waals surface area contributed by atoms with Crippen molar-refractivity contribution in [3.8, 4) is 22.6 Å². The number of aromatic nitrogens is 5. The van der Waals surface area contributed by atoms with Crippen LogP contribution in [0, 0.1) is 6.92 Å². The van der Waals surface area contributed by atoms with Gasteiger partial charge in [0.05, 0.1) is 29.4 Å². The summed E-state index contributed by atoms with van der Waals surface area (Å²) in [6.07, 6.45) is 9.63. The van der Waals surface area contributed by atoms with Gasteiger partial charge in [-0.2, -0.15) is 5.10 Å². The Bertz CT molecular complexity index is 1400. The summed E-state index contributed by atoms with van der Waals surface area (Å²) in [4.78, 5) is 16.0. The van der Waals surface area contributed by atoms with E-state index in [2.05, 4.69) is 32.8 Å². The number of hydrogen-bond acceptors (Lipinski definition) is 3. The maximum atomic E-state index is 11.5. The number of carbonyl (C=O) groups is 1. The van der Waals surface area contributed by atoms with Crippen LogP contribution in [0.5, 0.6) is 0 Å². The lowest BCUT2D eigenvalue weighted by molar-refractivity contribution is 0.1000. The molecule has 0 aliphatic carbocycles. The molecule has 3 heterocycles. The van der Waals surface area contributed by atoms with Crippen LogP contribution in [0.3, 0.4) is 0 Å². The highest BCUT2D eigenvalue weighted by Crippen LogP contribution is 2.29. The lowest BCUT2D eigenvalue weighted by Crippen LogP contribution is -2.11. The molecule has 0 fully saturated rings. The summed E-state index contributed by atoms with van der Waals surface area (Å²) in [5, 5.41) is 5.33. The lowest BCUT2D eigenvalue weighted by Gasteiger charge is -2.11. The minimum Gasteiger partial charge on any atom is -0.366 e. The molecule has 0 spiro atoms. The summed E-state index contributed by atoms with van der Waals surface area (Å²) < 4.78 is 5.91. The molecule has 30 heavy (non-hydrogen) atoms. The Balaban J connectivity index is 1.60. The zero-order valence-electron chi connectivity index (χ0n) is 16.6. The Morgan fingerprint density at radius 2 is 1.93 bits per heavy atom. The van der Waals surface area contributed by atoms with E-state index in [1.54, 1.807) is 10.7 Å². The number of imidazole rings is 1. The number of primary amides is 1. The number of fused-ring (bicyclic) bond motifs is 1. The van der Waals surface area contributed by atoms with E-state index in [9.17, 15) is 4.79 Å². The van der Waals surface area contributed by atoms with Crippen LogP contribution in [-0.4, -0.2) is 29.8 Å². The van der Waals surface area contributed by atoms with Crippen LogP contribution in [0.1, 0.15) is 15.9 Å². The van der Waals surface area contributed by atoms with Gasteiger partial charge in [-0.3, -0.25) is 9.48 Å². The van der Waals surface area contributed by atoms with Crippen molar-refractivity contribution in [1.82, 2.24) is 23.9 Å². The standard InChI is InChI=1S/C23H20N6O/c1-15-10-16(23(24)30)6-7-20(15)29-9-8-18-21(4-3-5-22(18)29)28-13-19(25-14-28)17-11-26-27(2)12-17/h3-14H,1-2H3,(H2,24,30). The van der Waals surface area contributed by atoms with Crippen molar-refractivity contribution in [3.05, 3.63) is 84.7 Å². The highest BCUT2D eigenvalue weighted by atomic mass is 16.1. The minimum atomic E-state index is -0.422. The summed E-state index contributed by atoms with van der Waals surface area (Å²) in [7, 11) is 1.89. The second-order valence-corrected chi connectivity index (χ2v) is 7.33. The number of nitrogens with two attached hydrogens (primary N) is 1. The van der Waals surface area contributed by atoms with Crippen molar-refractivity contribution in [1.29, 1.82) is 0 Å². The molecule has 7 heteroatoms. The van der Waals surface area contributed by atoms with Gasteiger partial charge in [0, 0.05) is 47.8 Å². The number of carbonyl (C=O) groups excluding carboxylic acids is 1. The highest BCUT2D eigenvalue weighted by molar-refractivity contribution is 5.94. The molecule has 0 radical (unpaired) electrons. The predicted molar refractivity (Wildman–Crippen MR) is 116 cm³/mol. The molecule has 2 N–H and O–H groups in total. The summed E-state index contributed by atoms with van der Waals surface area (Å²) in [5.41, 5.74) is 11.9. The third kappa shape index (κ3) is 2.88. The first kappa shape index (κ1) is 17.9. The molecule has 7 nitrogen and oxygen atoms in total. The fourth-order valence-electron chi connectivity index (χ4n) is 3.82. The van der Waals surface area contributed by atoms with E-state index in [0.29, 0.717) is 5.56 Å². The Morgan fingerprint density at radius 3 is 2.67 bits per heavy atom. The average molecular weight is 396 g/mol. The zero-order chi connectivity index (χ0) is 20.8. The molecular formula is C23H20N6O. The second-order valence-electron chi connectivity index (χ2n) is 7.33. The number of benzene rings is 2. The molecule has 0 unspecified atom stereocenters. The van der Waals surface area contributed by atoms with Crippen molar-refractivity contribution >= 4 is 16.8 Å². The fourth-order valence-corrected chi connectivity index (χ4v) is 3.82. The van der Waals surface area contributed by atoms with Gasteiger partial charge in [0.25, 0.3) is 0 Å². The van der Waals surface area contributed by atoms with Gasteiger partial charge < -0.3 is 14.9 Å². The predicted octanol–water partition coefficient (Wildman–Crippen LogP) is 3.62. The maximum absolute atomic E-state index is 11.5. The lowest BCUT2D eigenvalue weighted by atomic mass is 10.1. The van der Waals surface area contributed by atoms with E-state index in [1.165, 1.54) is 0 Å². The van der Waals surface area contributed by atoms with Gasteiger partial charge >= 0.3 is 0 Å². The molecule has 0 aliphatic rings. The Morgan fingerprint density at radius 1 is 1.07 bits per heavy atom. The number of amides is 1. The van der Waals surface area contributed by atoms with Crippen LogP contribution >= 0.6 is 0 Å². The second kappa shape index (κ2) is 6.73. The average Bonchev–Trinajstić information content (AvgIpc) is 3.46. The van der Waals surface area contributed by atoms with Gasteiger partial charge in [-0.25, -0.2) is 4.98 Å². The van der Waals surface area contributed by atoms with Crippen molar-refractivity contribution in [2.75, 3.05) is 0 Å². The third-order valence-corrected chi connectivity index (χ3v) is 5.31. The first-order valence-corrected chi connectivity index (χ1v) is 9.55. The quantitative estimate of drug-likeness (QED) is 0.504. The van der Waals surface area contributed by atoms with E-state index in [-0.39, 0.29) is 0 Å². The van der Waals surface area contributed by atoms with E-state index in [0.717, 1.165) is 39.1 Å². The zero-order valence-corrected chi connectivity index (χ0v) is 16.6. The van der Waals surface area contributed by atoms with Crippen molar-refractivity contribution in [2.24, 2.45) is 12.8 Å². The monoisotopic (exact) mass is 396 g/mol. The first-order chi connectivity index (χ1) is 14.5. The largest absolute Gasteiger partial charge is 0.366 e. The van der Waals surface area contributed by atoms with Gasteiger partial charge in [0.2, 0.25) is 5.91 Å². The smallest absolute Gasteiger partial charge is 0.248 e. The van der Waals surface area contributed by atoms with E-state index in [1.807, 2.05) is 67.9 Å². The Kier molecular flexibility index (Phi) is 4.03. The molecule has 148 valence electrons. The molecular weight excluding hydrogens is 376 g/mol. The SMILES string of the molecule is Cc1cc(C(N)=O)ccc1-n1ccc2c(-n3cnc(-c4cnn(C)c4)c3)cccc21. The van der Waals surface area contributed by atoms with Gasteiger partial charge in [0.15, 0.2) is 0 Å². The summed E-state index contributed by atoms with van der Waals surface area (Å²) >= 11 is 0. The van der Waals surface area contributed by atoms with Gasteiger partial charge in [-0.15, -0.1) is 0 Å². The Labute approximate surface area is 173 Å². The molecule has 3 aromatic heterocycles. The van der Waals surface area contributed by atoms with Crippen molar-refractivity contribution in [2.45, 2.75) is 6.92 Å². The number of aryl methyl sites for hydroxylation is 2. The summed E-state index contributed by atoms with van der Waals surface area (Å²) in [6.45, 7) is 1.98. The fraction of sp³-hybridized carbons (Fsp3) is 0.0870. The topological polar surface area (TPSA) is 83.7 Å². The third-order valence-electron chi connectivity index (χ3n) is 5.31. The van der Waals surface area contributed by atoms with E-state index in [4.69, 9.17) is 5.73 Å². The molecule has 0 saturated carbocycles. The van der Waals surface area contributed by atoms with E-state index < -0.39 is 5.91 Å². The van der Waals surface area contributed by atoms with Crippen molar-refractivity contribution < 1.29 is 4.79 Å². The number of hydrogen-bond donors (Lipinski definition) is 1.